The van der Waals surface area contributed by atoms with Crippen molar-refractivity contribution < 1.29 is 4.74 Å². The lowest BCUT2D eigenvalue weighted by atomic mass is 10.2. The highest BCUT2D eigenvalue weighted by Crippen LogP contribution is 2.39. The highest BCUT2D eigenvalue weighted by atomic mass is 16.5. The number of nitrogens with two attached hydrogens (primary N) is 1. The number of anilines is 1. The van der Waals surface area contributed by atoms with E-state index in [2.05, 4.69) is 48.0 Å². The smallest absolute Gasteiger partial charge is 0.218 e. The van der Waals surface area contributed by atoms with E-state index in [-0.39, 0.29) is 0 Å². The van der Waals surface area contributed by atoms with Gasteiger partial charge in [0.2, 0.25) is 5.88 Å². The predicted octanol–water partition coefficient (Wildman–Crippen LogP) is 2.14. The average Bonchev–Trinajstić information content (AvgIpc) is 3.26. The molecule has 0 saturated heterocycles. The lowest BCUT2D eigenvalue weighted by molar-refractivity contribution is 0.140. The van der Waals surface area contributed by atoms with E-state index < -0.39 is 0 Å². The van der Waals surface area contributed by atoms with E-state index in [0.29, 0.717) is 36.3 Å². The van der Waals surface area contributed by atoms with Crippen molar-refractivity contribution >= 4 is 5.82 Å². The SMILES string of the molecule is CC(C)N(CCOc1cc(NN)nc(C2CC2)n1)C(C)C. The van der Waals surface area contributed by atoms with Gasteiger partial charge in [0.05, 0.1) is 0 Å². The molecule has 0 bridgehead atoms. The van der Waals surface area contributed by atoms with Gasteiger partial charge in [-0.25, -0.2) is 10.8 Å². The van der Waals surface area contributed by atoms with E-state index in [4.69, 9.17) is 10.6 Å². The number of hydrazine groups is 1. The fraction of sp³-hybridized carbons (Fsp3) is 0.733. The molecule has 0 spiro atoms. The quantitative estimate of drug-likeness (QED) is 0.565. The van der Waals surface area contributed by atoms with E-state index in [0.717, 1.165) is 25.2 Å². The largest absolute Gasteiger partial charge is 0.476 e. The molecule has 0 aliphatic heterocycles. The zero-order valence-corrected chi connectivity index (χ0v) is 13.5. The molecule has 6 heteroatoms. The molecule has 1 aliphatic carbocycles. The molecular formula is C15H27N5O. The fourth-order valence-corrected chi connectivity index (χ4v) is 2.48. The molecule has 1 saturated carbocycles. The first kappa shape index (κ1) is 16.0. The summed E-state index contributed by atoms with van der Waals surface area (Å²) < 4.78 is 5.81. The Morgan fingerprint density at radius 1 is 1.29 bits per heavy atom. The van der Waals surface area contributed by atoms with Crippen LogP contribution in [0.4, 0.5) is 5.82 Å². The van der Waals surface area contributed by atoms with Crippen LogP contribution in [0.5, 0.6) is 5.88 Å². The molecular weight excluding hydrogens is 266 g/mol. The van der Waals surface area contributed by atoms with Crippen LogP contribution in [0.1, 0.15) is 52.3 Å². The van der Waals surface area contributed by atoms with Crippen molar-refractivity contribution in [2.75, 3.05) is 18.6 Å². The lowest BCUT2D eigenvalue weighted by Crippen LogP contribution is -2.39. The van der Waals surface area contributed by atoms with Crippen LogP contribution in [-0.4, -0.2) is 40.1 Å². The van der Waals surface area contributed by atoms with Gasteiger partial charge in [-0.05, 0) is 40.5 Å². The van der Waals surface area contributed by atoms with Gasteiger partial charge in [0, 0.05) is 30.6 Å². The molecule has 0 unspecified atom stereocenters. The monoisotopic (exact) mass is 293 g/mol. The topological polar surface area (TPSA) is 76.3 Å². The Morgan fingerprint density at radius 3 is 2.48 bits per heavy atom. The van der Waals surface area contributed by atoms with Gasteiger partial charge in [0.25, 0.3) is 0 Å². The Morgan fingerprint density at radius 2 is 1.95 bits per heavy atom. The number of hydrogen-bond donors (Lipinski definition) is 2. The molecule has 3 N–H and O–H groups in total. The van der Waals surface area contributed by atoms with Crippen molar-refractivity contribution in [1.82, 2.24) is 14.9 Å². The van der Waals surface area contributed by atoms with Crippen LogP contribution in [-0.2, 0) is 0 Å². The second-order valence-electron chi connectivity index (χ2n) is 6.14. The molecule has 0 amide bonds. The first-order chi connectivity index (χ1) is 10.0. The Balaban J connectivity index is 1.94. The normalized spacial score (nSPS) is 15.0. The minimum absolute atomic E-state index is 0.475. The average molecular weight is 293 g/mol. The third-order valence-electron chi connectivity index (χ3n) is 3.74. The van der Waals surface area contributed by atoms with Gasteiger partial charge < -0.3 is 10.2 Å². The highest BCUT2D eigenvalue weighted by Gasteiger charge is 2.27. The number of hydrogen-bond acceptors (Lipinski definition) is 6. The zero-order chi connectivity index (χ0) is 15.4. The molecule has 0 radical (unpaired) electrons. The summed E-state index contributed by atoms with van der Waals surface area (Å²) in [5, 5.41) is 0. The Bertz CT molecular complexity index is 451. The third kappa shape index (κ3) is 4.54. The third-order valence-corrected chi connectivity index (χ3v) is 3.74. The van der Waals surface area contributed by atoms with Gasteiger partial charge in [-0.15, -0.1) is 0 Å². The van der Waals surface area contributed by atoms with Gasteiger partial charge in [-0.1, -0.05) is 0 Å². The van der Waals surface area contributed by atoms with Gasteiger partial charge in [0.15, 0.2) is 0 Å². The zero-order valence-electron chi connectivity index (χ0n) is 13.5. The van der Waals surface area contributed by atoms with Crippen LogP contribution in [0.15, 0.2) is 6.07 Å². The van der Waals surface area contributed by atoms with Crippen LogP contribution >= 0.6 is 0 Å². The van der Waals surface area contributed by atoms with Gasteiger partial charge in [-0.2, -0.15) is 4.98 Å². The van der Waals surface area contributed by atoms with Crippen molar-refractivity contribution in [2.24, 2.45) is 5.84 Å². The van der Waals surface area contributed by atoms with Crippen molar-refractivity contribution in [3.05, 3.63) is 11.9 Å². The number of nitrogens with zero attached hydrogens (tertiary/aromatic N) is 3. The summed E-state index contributed by atoms with van der Waals surface area (Å²) in [5.41, 5.74) is 2.58. The Labute approximate surface area is 127 Å². The Kier molecular flexibility index (Phi) is 5.36. The van der Waals surface area contributed by atoms with Gasteiger partial charge >= 0.3 is 0 Å². The number of nitrogen functional groups attached to an aromatic ring is 1. The standard InChI is InChI=1S/C15H27N5O/c1-10(2)20(11(3)4)7-8-21-14-9-13(19-16)17-15(18-14)12-5-6-12/h9-12H,5-8,16H2,1-4H3,(H,17,18,19). The van der Waals surface area contributed by atoms with E-state index in [9.17, 15) is 0 Å². The number of ether oxygens (including phenoxy) is 1. The highest BCUT2D eigenvalue weighted by molar-refractivity contribution is 5.38. The maximum absolute atomic E-state index is 5.81. The summed E-state index contributed by atoms with van der Waals surface area (Å²) in [7, 11) is 0. The number of aromatic nitrogens is 2. The van der Waals surface area contributed by atoms with Crippen LogP contribution in [0.25, 0.3) is 0 Å². The number of nitrogens with one attached hydrogen (secondary N) is 1. The van der Waals surface area contributed by atoms with Crippen molar-refractivity contribution in [3.8, 4) is 5.88 Å². The van der Waals surface area contributed by atoms with Crippen LogP contribution in [0.3, 0.4) is 0 Å². The molecule has 21 heavy (non-hydrogen) atoms. The summed E-state index contributed by atoms with van der Waals surface area (Å²) in [6.45, 7) is 10.3. The second-order valence-corrected chi connectivity index (χ2v) is 6.14. The van der Waals surface area contributed by atoms with E-state index in [1.165, 1.54) is 0 Å². The maximum atomic E-state index is 5.81. The summed E-state index contributed by atoms with van der Waals surface area (Å²) in [6, 6.07) is 2.76. The van der Waals surface area contributed by atoms with Crippen molar-refractivity contribution in [3.63, 3.8) is 0 Å². The molecule has 1 aromatic rings. The molecule has 1 heterocycles. The number of rotatable bonds is 8. The predicted molar refractivity (Wildman–Crippen MR) is 84.3 cm³/mol. The van der Waals surface area contributed by atoms with Gasteiger partial charge in [0.1, 0.15) is 18.2 Å². The van der Waals surface area contributed by atoms with Crippen LogP contribution in [0.2, 0.25) is 0 Å². The van der Waals surface area contributed by atoms with Crippen molar-refractivity contribution in [2.45, 2.75) is 58.5 Å². The Hall–Kier alpha value is -1.40. The van der Waals surface area contributed by atoms with E-state index >= 15 is 0 Å². The van der Waals surface area contributed by atoms with Crippen LogP contribution < -0.4 is 16.0 Å². The summed E-state index contributed by atoms with van der Waals surface area (Å²) in [6.07, 6.45) is 2.31. The molecule has 118 valence electrons. The first-order valence-electron chi connectivity index (χ1n) is 7.75. The fourth-order valence-electron chi connectivity index (χ4n) is 2.48. The molecule has 1 fully saturated rings. The lowest BCUT2D eigenvalue weighted by Gasteiger charge is -2.30. The van der Waals surface area contributed by atoms with Crippen LogP contribution in [0, 0.1) is 0 Å². The molecule has 0 atom stereocenters. The molecule has 1 aliphatic rings. The first-order valence-corrected chi connectivity index (χ1v) is 7.75. The van der Waals surface area contributed by atoms with Crippen molar-refractivity contribution in [1.29, 1.82) is 0 Å². The summed E-state index contributed by atoms with van der Waals surface area (Å²) in [5.74, 6) is 7.99. The second kappa shape index (κ2) is 7.04. The summed E-state index contributed by atoms with van der Waals surface area (Å²) in [4.78, 5) is 11.3. The van der Waals surface area contributed by atoms with E-state index in [1.54, 1.807) is 6.07 Å². The molecule has 1 aromatic heterocycles. The molecule has 6 nitrogen and oxygen atoms in total. The molecule has 0 aromatic carbocycles. The van der Waals surface area contributed by atoms with Gasteiger partial charge in [-0.3, -0.25) is 4.90 Å². The minimum atomic E-state index is 0.475. The minimum Gasteiger partial charge on any atom is -0.476 e. The maximum Gasteiger partial charge on any atom is 0.218 e. The summed E-state index contributed by atoms with van der Waals surface area (Å²) >= 11 is 0. The molecule has 2 rings (SSSR count). The van der Waals surface area contributed by atoms with E-state index in [1.807, 2.05) is 0 Å².